The maximum Gasteiger partial charge on any atom is 0.194 e. The van der Waals surface area contributed by atoms with Crippen molar-refractivity contribution in [3.05, 3.63) is 48.4 Å². The third-order valence-electron chi connectivity index (χ3n) is 6.27. The summed E-state index contributed by atoms with van der Waals surface area (Å²) in [5.41, 5.74) is 2.34. The summed E-state index contributed by atoms with van der Waals surface area (Å²) in [5.74, 6) is 1.06. The molecule has 0 radical (unpaired) electrons. The van der Waals surface area contributed by atoms with Gasteiger partial charge in [0.15, 0.2) is 5.96 Å². The van der Waals surface area contributed by atoms with Gasteiger partial charge in [-0.15, -0.1) is 24.0 Å². The number of aliphatic imine (C=N–C) groups is 1. The number of piperazine rings is 2. The second-order valence-corrected chi connectivity index (χ2v) is 8.51. The van der Waals surface area contributed by atoms with Gasteiger partial charge in [-0.3, -0.25) is 14.8 Å². The molecule has 3 heterocycles. The van der Waals surface area contributed by atoms with Crippen molar-refractivity contribution in [1.29, 1.82) is 0 Å². The molecule has 4 rings (SSSR count). The fourth-order valence-corrected chi connectivity index (χ4v) is 4.44. The molecule has 0 bridgehead atoms. The third kappa shape index (κ3) is 7.86. The molecule has 2 aromatic rings. The number of halogens is 1. The Morgan fingerprint density at radius 2 is 1.70 bits per heavy atom. The monoisotopic (exact) mass is 567 g/mol. The van der Waals surface area contributed by atoms with Gasteiger partial charge in [0.2, 0.25) is 0 Å². The van der Waals surface area contributed by atoms with Crippen LogP contribution in [0.5, 0.6) is 0 Å². The van der Waals surface area contributed by atoms with Gasteiger partial charge < -0.3 is 19.6 Å². The molecular weight excluding hydrogens is 529 g/mol. The zero-order chi connectivity index (χ0) is 22.0. The Morgan fingerprint density at radius 1 is 0.970 bits per heavy atom. The standard InChI is InChI=1S/C24H37N7O.HI/c1-2-25-24(31-18-14-29(15-19-31)21-22-9-20-32-27-22)26-10-6-11-28-12-16-30(17-13-28)23-7-4-3-5-8-23;/h3-5,7-9,20H,2,6,10-19,21H2,1H3,(H,25,26);1H. The van der Waals surface area contributed by atoms with Crippen molar-refractivity contribution in [2.75, 3.05) is 76.9 Å². The van der Waals surface area contributed by atoms with Crippen molar-refractivity contribution < 1.29 is 4.52 Å². The number of guanidine groups is 1. The smallest absolute Gasteiger partial charge is 0.194 e. The lowest BCUT2D eigenvalue weighted by Crippen LogP contribution is -2.52. The fourth-order valence-electron chi connectivity index (χ4n) is 4.44. The van der Waals surface area contributed by atoms with Crippen molar-refractivity contribution in [3.63, 3.8) is 0 Å². The quantitative estimate of drug-likeness (QED) is 0.228. The summed E-state index contributed by atoms with van der Waals surface area (Å²) in [6.45, 7) is 14.4. The first-order chi connectivity index (χ1) is 15.8. The molecule has 2 saturated heterocycles. The minimum atomic E-state index is 0. The van der Waals surface area contributed by atoms with Crippen LogP contribution in [0.4, 0.5) is 5.69 Å². The SMILES string of the molecule is CCNC(=NCCCN1CCN(c2ccccc2)CC1)N1CCN(Cc2ccon2)CC1.I. The van der Waals surface area contributed by atoms with E-state index in [1.807, 2.05) is 6.07 Å². The Bertz CT molecular complexity index is 801. The van der Waals surface area contributed by atoms with E-state index in [9.17, 15) is 0 Å². The summed E-state index contributed by atoms with van der Waals surface area (Å²) in [7, 11) is 0. The summed E-state index contributed by atoms with van der Waals surface area (Å²) >= 11 is 0. The summed E-state index contributed by atoms with van der Waals surface area (Å²) < 4.78 is 4.95. The molecule has 0 amide bonds. The number of benzene rings is 1. The van der Waals surface area contributed by atoms with Gasteiger partial charge in [0.1, 0.15) is 6.26 Å². The molecule has 9 heteroatoms. The summed E-state index contributed by atoms with van der Waals surface area (Å²) in [4.78, 5) is 14.8. The van der Waals surface area contributed by atoms with Crippen LogP contribution in [0, 0.1) is 0 Å². The van der Waals surface area contributed by atoms with E-state index < -0.39 is 0 Å². The van der Waals surface area contributed by atoms with Crippen molar-refractivity contribution in [1.82, 2.24) is 25.2 Å². The van der Waals surface area contributed by atoms with E-state index >= 15 is 0 Å². The highest BCUT2D eigenvalue weighted by Gasteiger charge is 2.20. The maximum absolute atomic E-state index is 4.95. The van der Waals surface area contributed by atoms with E-state index in [1.54, 1.807) is 6.26 Å². The number of nitrogens with zero attached hydrogens (tertiary/aromatic N) is 6. The van der Waals surface area contributed by atoms with Crippen molar-refractivity contribution >= 4 is 35.6 Å². The van der Waals surface area contributed by atoms with Crippen LogP contribution in [0.2, 0.25) is 0 Å². The molecule has 2 aliphatic heterocycles. The molecule has 8 nitrogen and oxygen atoms in total. The van der Waals surface area contributed by atoms with E-state index in [0.717, 1.165) is 96.6 Å². The maximum atomic E-state index is 4.95. The van der Waals surface area contributed by atoms with Crippen LogP contribution in [0.15, 0.2) is 52.2 Å². The third-order valence-corrected chi connectivity index (χ3v) is 6.27. The van der Waals surface area contributed by atoms with Crippen LogP contribution < -0.4 is 10.2 Å². The highest BCUT2D eigenvalue weighted by molar-refractivity contribution is 14.0. The molecule has 2 aliphatic rings. The number of anilines is 1. The van der Waals surface area contributed by atoms with Crippen molar-refractivity contribution in [2.45, 2.75) is 19.9 Å². The highest BCUT2D eigenvalue weighted by Crippen LogP contribution is 2.15. The van der Waals surface area contributed by atoms with Crippen LogP contribution >= 0.6 is 24.0 Å². The minimum absolute atomic E-state index is 0. The highest BCUT2D eigenvalue weighted by atomic mass is 127. The van der Waals surface area contributed by atoms with E-state index in [4.69, 9.17) is 9.52 Å². The van der Waals surface area contributed by atoms with Crippen LogP contribution in [0.1, 0.15) is 19.0 Å². The van der Waals surface area contributed by atoms with Crippen LogP contribution in [-0.4, -0.2) is 97.8 Å². The first kappa shape index (κ1) is 25.8. The van der Waals surface area contributed by atoms with Gasteiger partial charge in [-0.25, -0.2) is 0 Å². The normalized spacial score (nSPS) is 18.3. The Balaban J connectivity index is 0.00000306. The number of para-hydroxylation sites is 1. The number of hydrogen-bond donors (Lipinski definition) is 1. The summed E-state index contributed by atoms with van der Waals surface area (Å²) in [6.07, 6.45) is 2.75. The van der Waals surface area contributed by atoms with Gasteiger partial charge in [-0.1, -0.05) is 23.4 Å². The molecule has 0 saturated carbocycles. The molecule has 182 valence electrons. The van der Waals surface area contributed by atoms with Gasteiger partial charge in [-0.2, -0.15) is 0 Å². The molecule has 0 spiro atoms. The van der Waals surface area contributed by atoms with Gasteiger partial charge in [0.25, 0.3) is 0 Å². The predicted octanol–water partition coefficient (Wildman–Crippen LogP) is 2.59. The zero-order valence-corrected chi connectivity index (χ0v) is 22.1. The molecule has 1 aromatic heterocycles. The van der Waals surface area contributed by atoms with Crippen LogP contribution in [0.3, 0.4) is 0 Å². The zero-order valence-electron chi connectivity index (χ0n) is 19.7. The molecule has 2 fully saturated rings. The molecule has 33 heavy (non-hydrogen) atoms. The molecule has 1 N–H and O–H groups in total. The number of hydrogen-bond acceptors (Lipinski definition) is 6. The van der Waals surface area contributed by atoms with Crippen molar-refractivity contribution in [3.8, 4) is 0 Å². The molecular formula is C24H38IN7O. The van der Waals surface area contributed by atoms with Gasteiger partial charge in [0.05, 0.1) is 5.69 Å². The molecule has 0 aliphatic carbocycles. The summed E-state index contributed by atoms with van der Waals surface area (Å²) in [5, 5.41) is 7.51. The van der Waals surface area contributed by atoms with E-state index in [1.165, 1.54) is 5.69 Å². The minimum Gasteiger partial charge on any atom is -0.369 e. The van der Waals surface area contributed by atoms with E-state index in [-0.39, 0.29) is 24.0 Å². The Labute approximate surface area is 215 Å². The second kappa shape index (κ2) is 13.8. The fraction of sp³-hybridized carbons (Fsp3) is 0.583. The van der Waals surface area contributed by atoms with Crippen LogP contribution in [-0.2, 0) is 6.54 Å². The van der Waals surface area contributed by atoms with E-state index in [0.29, 0.717) is 0 Å². The molecule has 0 unspecified atom stereocenters. The first-order valence-corrected chi connectivity index (χ1v) is 12.0. The topological polar surface area (TPSA) is 63.4 Å². The lowest BCUT2D eigenvalue weighted by molar-refractivity contribution is 0.169. The van der Waals surface area contributed by atoms with Gasteiger partial charge in [0, 0.05) is 90.3 Å². The number of aromatic nitrogens is 1. The predicted molar refractivity (Wildman–Crippen MR) is 144 cm³/mol. The molecule has 0 atom stereocenters. The first-order valence-electron chi connectivity index (χ1n) is 12.0. The average Bonchev–Trinajstić information content (AvgIpc) is 3.36. The van der Waals surface area contributed by atoms with E-state index in [2.05, 4.69) is 67.3 Å². The Hall–Kier alpha value is -1.85. The number of nitrogens with one attached hydrogen (secondary N) is 1. The average molecular weight is 568 g/mol. The molecule has 1 aromatic carbocycles. The largest absolute Gasteiger partial charge is 0.369 e. The lowest BCUT2D eigenvalue weighted by Gasteiger charge is -2.36. The van der Waals surface area contributed by atoms with Gasteiger partial charge in [-0.05, 0) is 25.5 Å². The van der Waals surface area contributed by atoms with Crippen LogP contribution in [0.25, 0.3) is 0 Å². The Kier molecular flexibility index (Phi) is 10.7. The second-order valence-electron chi connectivity index (χ2n) is 8.51. The van der Waals surface area contributed by atoms with Gasteiger partial charge >= 0.3 is 0 Å². The summed E-state index contributed by atoms with van der Waals surface area (Å²) in [6, 6.07) is 12.7. The van der Waals surface area contributed by atoms with Crippen molar-refractivity contribution in [2.24, 2.45) is 4.99 Å². The lowest BCUT2D eigenvalue weighted by atomic mass is 10.2. The Morgan fingerprint density at radius 3 is 2.36 bits per heavy atom. The number of rotatable bonds is 8.